The van der Waals surface area contributed by atoms with Gasteiger partial charge < -0.3 is 10.1 Å². The van der Waals surface area contributed by atoms with Gasteiger partial charge in [0.2, 0.25) is 0 Å². The molecule has 0 aromatic heterocycles. The monoisotopic (exact) mass is 273 g/mol. The molecular formula is C18H27NO. The van der Waals surface area contributed by atoms with E-state index in [0.717, 1.165) is 24.6 Å². The molecule has 0 radical (unpaired) electrons. The van der Waals surface area contributed by atoms with Crippen molar-refractivity contribution in [3.63, 3.8) is 0 Å². The van der Waals surface area contributed by atoms with Crippen molar-refractivity contribution in [1.82, 2.24) is 5.32 Å². The summed E-state index contributed by atoms with van der Waals surface area (Å²) in [6.07, 6.45) is 9.62. The van der Waals surface area contributed by atoms with E-state index in [1.54, 1.807) is 0 Å². The zero-order valence-electron chi connectivity index (χ0n) is 12.6. The highest BCUT2D eigenvalue weighted by molar-refractivity contribution is 5.37. The van der Waals surface area contributed by atoms with Crippen molar-refractivity contribution in [2.45, 2.75) is 64.0 Å². The average Bonchev–Trinajstić information content (AvgIpc) is 2.74. The molecule has 1 aliphatic heterocycles. The van der Waals surface area contributed by atoms with Gasteiger partial charge in [0, 0.05) is 12.5 Å². The van der Waals surface area contributed by atoms with Gasteiger partial charge in [-0.05, 0) is 43.4 Å². The molecule has 3 rings (SSSR count). The number of fused-ring (bicyclic) bond motifs is 1. The molecule has 110 valence electrons. The number of rotatable bonds is 4. The fraction of sp³-hybridized carbons (Fsp3) is 0.667. The summed E-state index contributed by atoms with van der Waals surface area (Å²) < 4.78 is 6.15. The van der Waals surface area contributed by atoms with E-state index in [0.29, 0.717) is 12.1 Å². The van der Waals surface area contributed by atoms with Crippen LogP contribution < -0.4 is 10.1 Å². The van der Waals surface area contributed by atoms with E-state index in [1.165, 1.54) is 44.1 Å². The fourth-order valence-electron chi connectivity index (χ4n) is 3.92. The zero-order valence-corrected chi connectivity index (χ0v) is 12.6. The summed E-state index contributed by atoms with van der Waals surface area (Å²) in [5.74, 6) is 1.91. The summed E-state index contributed by atoms with van der Waals surface area (Å²) in [4.78, 5) is 0. The van der Waals surface area contributed by atoms with Gasteiger partial charge in [-0.2, -0.15) is 0 Å². The molecule has 3 unspecified atom stereocenters. The lowest BCUT2D eigenvalue weighted by molar-refractivity contribution is 0.171. The summed E-state index contributed by atoms with van der Waals surface area (Å²) in [5.41, 5.74) is 1.39. The smallest absolute Gasteiger partial charge is 0.123 e. The Morgan fingerprint density at radius 2 is 2.00 bits per heavy atom. The van der Waals surface area contributed by atoms with Crippen molar-refractivity contribution in [2.24, 2.45) is 5.92 Å². The Labute approximate surface area is 122 Å². The Hall–Kier alpha value is -1.02. The van der Waals surface area contributed by atoms with Crippen LogP contribution in [0.3, 0.4) is 0 Å². The molecule has 1 N–H and O–H groups in total. The van der Waals surface area contributed by atoms with Crippen LogP contribution in [0.25, 0.3) is 0 Å². The van der Waals surface area contributed by atoms with Crippen LogP contribution in [0.1, 0.15) is 51.0 Å². The van der Waals surface area contributed by atoms with E-state index in [9.17, 15) is 0 Å². The van der Waals surface area contributed by atoms with Crippen molar-refractivity contribution in [3.8, 4) is 5.75 Å². The number of nitrogens with one attached hydrogen (secondary N) is 1. The van der Waals surface area contributed by atoms with Crippen molar-refractivity contribution in [2.75, 3.05) is 6.54 Å². The van der Waals surface area contributed by atoms with Crippen LogP contribution in [0, 0.1) is 5.92 Å². The van der Waals surface area contributed by atoms with Gasteiger partial charge in [0.15, 0.2) is 0 Å². The molecule has 1 fully saturated rings. The Kier molecular flexibility index (Phi) is 4.62. The van der Waals surface area contributed by atoms with E-state index in [2.05, 4.69) is 36.5 Å². The van der Waals surface area contributed by atoms with Crippen molar-refractivity contribution >= 4 is 0 Å². The second kappa shape index (κ2) is 6.62. The molecular weight excluding hydrogens is 246 g/mol. The highest BCUT2D eigenvalue weighted by Gasteiger charge is 2.30. The molecule has 1 aromatic carbocycles. The van der Waals surface area contributed by atoms with Gasteiger partial charge in [0.1, 0.15) is 11.9 Å². The molecule has 2 aliphatic rings. The third kappa shape index (κ3) is 3.17. The van der Waals surface area contributed by atoms with Crippen LogP contribution in [-0.2, 0) is 6.42 Å². The number of benzene rings is 1. The van der Waals surface area contributed by atoms with Gasteiger partial charge >= 0.3 is 0 Å². The molecule has 1 aromatic rings. The number of para-hydroxylation sites is 1. The zero-order chi connectivity index (χ0) is 13.8. The SMILES string of the molecule is CCNC1CCCCCC1CC1Cc2ccccc2O1. The van der Waals surface area contributed by atoms with Crippen LogP contribution in [0.15, 0.2) is 24.3 Å². The third-order valence-electron chi connectivity index (χ3n) is 4.90. The predicted octanol–water partition coefficient (Wildman–Crippen LogP) is 3.94. The maximum absolute atomic E-state index is 6.15. The van der Waals surface area contributed by atoms with Gasteiger partial charge in [-0.25, -0.2) is 0 Å². The topological polar surface area (TPSA) is 21.3 Å². The molecule has 0 saturated heterocycles. The normalized spacial score (nSPS) is 29.6. The van der Waals surface area contributed by atoms with Crippen LogP contribution in [0.2, 0.25) is 0 Å². The Morgan fingerprint density at radius 3 is 2.85 bits per heavy atom. The highest BCUT2D eigenvalue weighted by atomic mass is 16.5. The minimum atomic E-state index is 0.400. The molecule has 2 heteroatoms. The lowest BCUT2D eigenvalue weighted by Gasteiger charge is -2.28. The van der Waals surface area contributed by atoms with Gasteiger partial charge in [-0.15, -0.1) is 0 Å². The first-order chi connectivity index (χ1) is 9.86. The summed E-state index contributed by atoms with van der Waals surface area (Å²) in [5, 5.41) is 3.71. The van der Waals surface area contributed by atoms with E-state index in [4.69, 9.17) is 4.74 Å². The molecule has 1 saturated carbocycles. The molecule has 1 heterocycles. The largest absolute Gasteiger partial charge is 0.490 e. The molecule has 1 aliphatic carbocycles. The fourth-order valence-corrected chi connectivity index (χ4v) is 3.92. The van der Waals surface area contributed by atoms with Gasteiger partial charge in [-0.1, -0.05) is 44.4 Å². The first kappa shape index (κ1) is 13.9. The lowest BCUT2D eigenvalue weighted by Crippen LogP contribution is -2.37. The van der Waals surface area contributed by atoms with Gasteiger partial charge in [0.05, 0.1) is 0 Å². The average molecular weight is 273 g/mol. The quantitative estimate of drug-likeness (QED) is 0.839. The maximum Gasteiger partial charge on any atom is 0.123 e. The van der Waals surface area contributed by atoms with E-state index in [-0.39, 0.29) is 0 Å². The Balaban J connectivity index is 1.61. The van der Waals surface area contributed by atoms with Crippen LogP contribution >= 0.6 is 0 Å². The molecule has 0 spiro atoms. The Bertz CT molecular complexity index is 406. The van der Waals surface area contributed by atoms with Crippen LogP contribution in [0.5, 0.6) is 5.75 Å². The van der Waals surface area contributed by atoms with Crippen molar-refractivity contribution in [3.05, 3.63) is 29.8 Å². The van der Waals surface area contributed by atoms with Crippen LogP contribution in [-0.4, -0.2) is 18.7 Å². The molecule has 2 nitrogen and oxygen atoms in total. The lowest BCUT2D eigenvalue weighted by atomic mass is 9.88. The van der Waals surface area contributed by atoms with Gasteiger partial charge in [-0.3, -0.25) is 0 Å². The second-order valence-corrected chi connectivity index (χ2v) is 6.35. The maximum atomic E-state index is 6.15. The minimum absolute atomic E-state index is 0.400. The third-order valence-corrected chi connectivity index (χ3v) is 4.90. The van der Waals surface area contributed by atoms with Gasteiger partial charge in [0.25, 0.3) is 0 Å². The summed E-state index contributed by atoms with van der Waals surface area (Å²) >= 11 is 0. The first-order valence-electron chi connectivity index (χ1n) is 8.34. The summed E-state index contributed by atoms with van der Waals surface area (Å²) in [6.45, 7) is 3.32. The van der Waals surface area contributed by atoms with E-state index in [1.807, 2.05) is 0 Å². The van der Waals surface area contributed by atoms with Crippen LogP contribution in [0.4, 0.5) is 0 Å². The summed E-state index contributed by atoms with van der Waals surface area (Å²) in [7, 11) is 0. The molecule has 3 atom stereocenters. The Morgan fingerprint density at radius 1 is 1.15 bits per heavy atom. The predicted molar refractivity (Wildman–Crippen MR) is 83.2 cm³/mol. The van der Waals surface area contributed by atoms with Crippen molar-refractivity contribution in [1.29, 1.82) is 0 Å². The first-order valence-corrected chi connectivity index (χ1v) is 8.34. The van der Waals surface area contributed by atoms with E-state index >= 15 is 0 Å². The number of ether oxygens (including phenoxy) is 1. The molecule has 20 heavy (non-hydrogen) atoms. The molecule has 0 amide bonds. The second-order valence-electron chi connectivity index (χ2n) is 6.35. The minimum Gasteiger partial charge on any atom is -0.490 e. The summed E-state index contributed by atoms with van der Waals surface area (Å²) in [6, 6.07) is 9.23. The standard InChI is InChI=1S/C18H27NO/c1-2-19-17-10-5-3-4-8-14(17)12-16-13-15-9-6-7-11-18(15)20-16/h6-7,9,11,14,16-17,19H,2-5,8,10,12-13H2,1H3. The molecule has 0 bridgehead atoms. The highest BCUT2D eigenvalue weighted by Crippen LogP contribution is 2.34. The van der Waals surface area contributed by atoms with E-state index < -0.39 is 0 Å². The number of hydrogen-bond acceptors (Lipinski definition) is 2. The van der Waals surface area contributed by atoms with Crippen molar-refractivity contribution < 1.29 is 4.74 Å². The number of hydrogen-bond donors (Lipinski definition) is 1.